The van der Waals surface area contributed by atoms with Gasteiger partial charge in [0.1, 0.15) is 5.82 Å². The van der Waals surface area contributed by atoms with Crippen molar-refractivity contribution in [1.29, 1.82) is 0 Å². The summed E-state index contributed by atoms with van der Waals surface area (Å²) >= 11 is 0. The molecule has 1 N–H and O–H groups in total. The second kappa shape index (κ2) is 3.77. The van der Waals surface area contributed by atoms with E-state index < -0.39 is 5.97 Å². The van der Waals surface area contributed by atoms with Gasteiger partial charge in [-0.15, -0.1) is 0 Å². The Kier molecular flexibility index (Phi) is 2.36. The van der Waals surface area contributed by atoms with Crippen LogP contribution in [0.4, 0.5) is 0 Å². The second-order valence-corrected chi connectivity index (χ2v) is 4.80. The lowest BCUT2D eigenvalue weighted by atomic mass is 10.0. The number of aromatic nitrogens is 2. The zero-order valence-corrected chi connectivity index (χ0v) is 9.81. The summed E-state index contributed by atoms with van der Waals surface area (Å²) in [5.74, 6) is -0.384. The van der Waals surface area contributed by atoms with Crippen LogP contribution in [0.15, 0.2) is 0 Å². The van der Waals surface area contributed by atoms with E-state index in [1.54, 1.807) is 6.92 Å². The quantitative estimate of drug-likeness (QED) is 0.825. The summed E-state index contributed by atoms with van der Waals surface area (Å²) in [6, 6.07) is 0.658. The van der Waals surface area contributed by atoms with Gasteiger partial charge < -0.3 is 5.11 Å². The molecule has 1 aliphatic heterocycles. The first-order valence-electron chi connectivity index (χ1n) is 5.99. The number of carbonyl (C=O) groups is 1. The van der Waals surface area contributed by atoms with Gasteiger partial charge in [0.2, 0.25) is 0 Å². The molecule has 1 aliphatic carbocycles. The van der Waals surface area contributed by atoms with Crippen LogP contribution < -0.4 is 0 Å². The van der Waals surface area contributed by atoms with Gasteiger partial charge in [0.15, 0.2) is 5.69 Å². The Hall–Kier alpha value is -1.49. The van der Waals surface area contributed by atoms with Crippen LogP contribution >= 0.6 is 0 Å². The highest BCUT2D eigenvalue weighted by Gasteiger charge is 2.33. The molecule has 90 valence electrons. The van der Waals surface area contributed by atoms with Crippen molar-refractivity contribution < 1.29 is 9.90 Å². The number of hydrogen-bond donors (Lipinski definition) is 1. The first-order valence-corrected chi connectivity index (χ1v) is 5.99. The van der Waals surface area contributed by atoms with E-state index in [4.69, 9.17) is 0 Å². The van der Waals surface area contributed by atoms with Crippen LogP contribution in [-0.4, -0.2) is 38.5 Å². The highest BCUT2D eigenvalue weighted by Crippen LogP contribution is 2.31. The van der Waals surface area contributed by atoms with Crippen molar-refractivity contribution in [3.63, 3.8) is 0 Å². The zero-order valence-electron chi connectivity index (χ0n) is 9.81. The molecule has 0 amide bonds. The fourth-order valence-electron chi connectivity index (χ4n) is 2.49. The topological polar surface area (TPSA) is 66.3 Å². The third-order valence-corrected chi connectivity index (χ3v) is 3.47. The maximum Gasteiger partial charge on any atom is 0.354 e. The van der Waals surface area contributed by atoms with Crippen LogP contribution in [0.3, 0.4) is 0 Å². The van der Waals surface area contributed by atoms with Crippen molar-refractivity contribution >= 4 is 5.97 Å². The van der Waals surface area contributed by atoms with Crippen molar-refractivity contribution in [1.82, 2.24) is 14.9 Å². The molecular formula is C12H15N3O2. The van der Waals surface area contributed by atoms with Gasteiger partial charge in [-0.05, 0) is 19.8 Å². The Morgan fingerprint density at radius 3 is 2.82 bits per heavy atom. The van der Waals surface area contributed by atoms with E-state index in [9.17, 15) is 9.90 Å². The van der Waals surface area contributed by atoms with Gasteiger partial charge in [-0.1, -0.05) is 0 Å². The molecule has 3 rings (SSSR count). The van der Waals surface area contributed by atoms with Gasteiger partial charge in [0.05, 0.1) is 5.69 Å². The average molecular weight is 233 g/mol. The summed E-state index contributed by atoms with van der Waals surface area (Å²) in [6.07, 6.45) is 3.32. The van der Waals surface area contributed by atoms with Crippen molar-refractivity contribution in [3.8, 4) is 0 Å². The van der Waals surface area contributed by atoms with E-state index in [0.717, 1.165) is 24.2 Å². The molecule has 1 saturated carbocycles. The maximum atomic E-state index is 11.2. The lowest BCUT2D eigenvalue weighted by molar-refractivity contribution is 0.0685. The summed E-state index contributed by atoms with van der Waals surface area (Å²) < 4.78 is 0. The molecule has 0 spiro atoms. The summed E-state index contributed by atoms with van der Waals surface area (Å²) in [7, 11) is 0. The smallest absolute Gasteiger partial charge is 0.354 e. The summed E-state index contributed by atoms with van der Waals surface area (Å²) in [6.45, 7) is 3.44. The third-order valence-electron chi connectivity index (χ3n) is 3.47. The minimum atomic E-state index is -0.940. The van der Waals surface area contributed by atoms with Gasteiger partial charge in [-0.2, -0.15) is 0 Å². The predicted molar refractivity (Wildman–Crippen MR) is 60.9 cm³/mol. The highest BCUT2D eigenvalue weighted by atomic mass is 16.4. The number of aromatic carboxylic acids is 1. The van der Waals surface area contributed by atoms with Crippen molar-refractivity contribution in [2.24, 2.45) is 0 Å². The van der Waals surface area contributed by atoms with E-state index >= 15 is 0 Å². The number of fused-ring (bicyclic) bond motifs is 1. The molecule has 0 unspecified atom stereocenters. The minimum Gasteiger partial charge on any atom is -0.476 e. The molecule has 5 heteroatoms. The molecular weight excluding hydrogens is 218 g/mol. The number of aryl methyl sites for hydroxylation is 1. The first-order chi connectivity index (χ1) is 8.15. The van der Waals surface area contributed by atoms with Gasteiger partial charge >= 0.3 is 5.97 Å². The number of carboxylic acids is 1. The van der Waals surface area contributed by atoms with Crippen LogP contribution in [-0.2, 0) is 13.0 Å². The molecule has 1 aromatic heterocycles. The summed E-state index contributed by atoms with van der Waals surface area (Å²) in [5, 5.41) is 9.20. The van der Waals surface area contributed by atoms with E-state index in [1.807, 2.05) is 0 Å². The standard InChI is InChI=1S/C12H15N3O2/c1-7-13-10-4-5-15(8-2-3-8)6-9(10)11(14-7)12(16)17/h8H,2-6H2,1H3,(H,16,17). The van der Waals surface area contributed by atoms with Crippen LogP contribution in [0.1, 0.15) is 40.4 Å². The molecule has 0 radical (unpaired) electrons. The van der Waals surface area contributed by atoms with Crippen LogP contribution in [0.25, 0.3) is 0 Å². The largest absolute Gasteiger partial charge is 0.476 e. The van der Waals surface area contributed by atoms with Crippen LogP contribution in [0.2, 0.25) is 0 Å². The number of hydrogen-bond acceptors (Lipinski definition) is 4. The van der Waals surface area contributed by atoms with Gasteiger partial charge in [0.25, 0.3) is 0 Å². The summed E-state index contributed by atoms with van der Waals surface area (Å²) in [5.41, 5.74) is 1.94. The minimum absolute atomic E-state index is 0.192. The normalized spacial score (nSPS) is 20.1. The SMILES string of the molecule is Cc1nc2c(c(C(=O)O)n1)CN(C1CC1)CC2. The molecule has 5 nitrogen and oxygen atoms in total. The van der Waals surface area contributed by atoms with Crippen LogP contribution in [0, 0.1) is 6.92 Å². The van der Waals surface area contributed by atoms with E-state index in [-0.39, 0.29) is 5.69 Å². The van der Waals surface area contributed by atoms with Crippen molar-refractivity contribution in [3.05, 3.63) is 22.8 Å². The Bertz CT molecular complexity index is 483. The average Bonchev–Trinajstić information content (AvgIpc) is 3.11. The molecule has 2 aliphatic rings. The van der Waals surface area contributed by atoms with E-state index in [2.05, 4.69) is 14.9 Å². The maximum absolute atomic E-state index is 11.2. The monoisotopic (exact) mass is 233 g/mol. The lowest BCUT2D eigenvalue weighted by Gasteiger charge is -2.28. The molecule has 2 heterocycles. The van der Waals surface area contributed by atoms with Gasteiger partial charge in [-0.3, -0.25) is 4.90 Å². The van der Waals surface area contributed by atoms with E-state index in [1.165, 1.54) is 12.8 Å². The van der Waals surface area contributed by atoms with E-state index in [0.29, 0.717) is 18.4 Å². The fourth-order valence-corrected chi connectivity index (χ4v) is 2.49. The molecule has 1 aromatic rings. The van der Waals surface area contributed by atoms with Gasteiger partial charge in [-0.25, -0.2) is 14.8 Å². The molecule has 0 saturated heterocycles. The molecule has 0 atom stereocenters. The Labute approximate surface area is 99.5 Å². The summed E-state index contributed by atoms with van der Waals surface area (Å²) in [4.78, 5) is 22.0. The third kappa shape index (κ3) is 1.91. The zero-order chi connectivity index (χ0) is 12.0. The Balaban J connectivity index is 2.00. The Morgan fingerprint density at radius 2 is 2.18 bits per heavy atom. The Morgan fingerprint density at radius 1 is 1.41 bits per heavy atom. The molecule has 17 heavy (non-hydrogen) atoms. The number of nitrogens with zero attached hydrogens (tertiary/aromatic N) is 3. The lowest BCUT2D eigenvalue weighted by Crippen LogP contribution is -2.34. The highest BCUT2D eigenvalue weighted by molar-refractivity contribution is 5.87. The van der Waals surface area contributed by atoms with Crippen molar-refractivity contribution in [2.75, 3.05) is 6.54 Å². The second-order valence-electron chi connectivity index (χ2n) is 4.80. The molecule has 0 aromatic carbocycles. The number of carboxylic acid groups (broad SMARTS) is 1. The predicted octanol–water partition coefficient (Wildman–Crippen LogP) is 1.00. The van der Waals surface area contributed by atoms with Gasteiger partial charge in [0, 0.05) is 31.1 Å². The van der Waals surface area contributed by atoms with Crippen LogP contribution in [0.5, 0.6) is 0 Å². The number of rotatable bonds is 2. The molecule has 0 bridgehead atoms. The van der Waals surface area contributed by atoms with Crippen molar-refractivity contribution in [2.45, 2.75) is 38.8 Å². The molecule has 1 fully saturated rings. The first kappa shape index (κ1) is 10.7. The fraction of sp³-hybridized carbons (Fsp3) is 0.583.